The highest BCUT2D eigenvalue weighted by Crippen LogP contribution is 2.32. The molecule has 2 fully saturated rings. The van der Waals surface area contributed by atoms with Crippen LogP contribution in [0.4, 0.5) is 0 Å². The van der Waals surface area contributed by atoms with Crippen LogP contribution in [-0.2, 0) is 17.8 Å². The minimum absolute atomic E-state index is 0.267. The van der Waals surface area contributed by atoms with Crippen molar-refractivity contribution in [1.29, 1.82) is 0 Å². The minimum Gasteiger partial charge on any atom is -0.468 e. The molecule has 4 heterocycles. The van der Waals surface area contributed by atoms with Crippen LogP contribution in [0.1, 0.15) is 24.2 Å². The summed E-state index contributed by atoms with van der Waals surface area (Å²) in [5, 5.41) is 0. The van der Waals surface area contributed by atoms with Crippen molar-refractivity contribution >= 4 is 0 Å². The Labute approximate surface area is 142 Å². The molecule has 2 aliphatic rings. The molecule has 0 amide bonds. The Balaban J connectivity index is 1.48. The number of likely N-dealkylation sites (tertiary alicyclic amines) is 1. The van der Waals surface area contributed by atoms with Crippen molar-refractivity contribution in [2.45, 2.75) is 44.1 Å². The molecule has 4 rings (SSSR count). The second kappa shape index (κ2) is 7.01. The van der Waals surface area contributed by atoms with Crippen molar-refractivity contribution in [2.24, 2.45) is 0 Å². The van der Waals surface area contributed by atoms with Crippen LogP contribution in [-0.4, -0.2) is 58.2 Å². The fourth-order valence-corrected chi connectivity index (χ4v) is 4.02. The standard InChI is InChI=1S/C18H24N4O2/c1-21(10-14-8-19-13-20-9-14)17-12-22(11-15-4-2-6-23-15)16-5-3-7-24-18(16)17/h2,4,6,8-9,13,16-18H,3,5,7,10-12H2,1H3/t16-,17+,18+/m1/s1. The van der Waals surface area contributed by atoms with Crippen molar-refractivity contribution in [3.8, 4) is 0 Å². The summed E-state index contributed by atoms with van der Waals surface area (Å²) in [5.41, 5.74) is 1.14. The highest BCUT2D eigenvalue weighted by atomic mass is 16.5. The molecule has 6 heteroatoms. The molecular weight excluding hydrogens is 304 g/mol. The van der Waals surface area contributed by atoms with Crippen molar-refractivity contribution in [2.75, 3.05) is 20.2 Å². The smallest absolute Gasteiger partial charge is 0.117 e. The minimum atomic E-state index is 0.267. The zero-order valence-electron chi connectivity index (χ0n) is 14.0. The number of nitrogens with zero attached hydrogens (tertiary/aromatic N) is 4. The summed E-state index contributed by atoms with van der Waals surface area (Å²) in [6.07, 6.45) is 9.70. The molecule has 0 saturated carbocycles. The Morgan fingerprint density at radius 3 is 3.00 bits per heavy atom. The molecule has 0 aromatic carbocycles. The zero-order valence-corrected chi connectivity index (χ0v) is 14.0. The molecule has 6 nitrogen and oxygen atoms in total. The summed E-state index contributed by atoms with van der Waals surface area (Å²) < 4.78 is 11.7. The number of furan rings is 1. The van der Waals surface area contributed by atoms with Gasteiger partial charge in [-0.2, -0.15) is 0 Å². The largest absolute Gasteiger partial charge is 0.468 e. The molecule has 2 aromatic rings. The quantitative estimate of drug-likeness (QED) is 0.836. The lowest BCUT2D eigenvalue weighted by Gasteiger charge is -2.34. The number of rotatable bonds is 5. The lowest BCUT2D eigenvalue weighted by Crippen LogP contribution is -2.46. The lowest BCUT2D eigenvalue weighted by atomic mass is 10.00. The van der Waals surface area contributed by atoms with Gasteiger partial charge in [0.15, 0.2) is 0 Å². The van der Waals surface area contributed by atoms with E-state index in [1.165, 1.54) is 6.42 Å². The Bertz CT molecular complexity index is 634. The van der Waals surface area contributed by atoms with E-state index in [4.69, 9.17) is 9.15 Å². The lowest BCUT2D eigenvalue weighted by molar-refractivity contribution is -0.0390. The SMILES string of the molecule is CN(Cc1cncnc1)[C@H]1CN(Cc2ccco2)[C@@H]2CCCO[C@@H]21. The molecule has 3 atom stereocenters. The monoisotopic (exact) mass is 328 g/mol. The summed E-state index contributed by atoms with van der Waals surface area (Å²) >= 11 is 0. The zero-order chi connectivity index (χ0) is 16.4. The van der Waals surface area contributed by atoms with Gasteiger partial charge in [0.25, 0.3) is 0 Å². The normalized spacial score (nSPS) is 27.5. The molecular formula is C18H24N4O2. The third-order valence-corrected chi connectivity index (χ3v) is 5.15. The van der Waals surface area contributed by atoms with Crippen molar-refractivity contribution < 1.29 is 9.15 Å². The Kier molecular flexibility index (Phi) is 4.60. The van der Waals surface area contributed by atoms with E-state index in [2.05, 4.69) is 32.9 Å². The summed E-state index contributed by atoms with van der Waals surface area (Å²) in [7, 11) is 2.17. The Morgan fingerprint density at radius 2 is 2.21 bits per heavy atom. The van der Waals surface area contributed by atoms with Crippen LogP contribution in [0.25, 0.3) is 0 Å². The molecule has 0 bridgehead atoms. The molecule has 0 aliphatic carbocycles. The fraction of sp³-hybridized carbons (Fsp3) is 0.556. The van der Waals surface area contributed by atoms with Crippen molar-refractivity contribution in [3.63, 3.8) is 0 Å². The second-order valence-corrected chi connectivity index (χ2v) is 6.78. The summed E-state index contributed by atoms with van der Waals surface area (Å²) in [6.45, 7) is 3.57. The summed E-state index contributed by atoms with van der Waals surface area (Å²) in [6, 6.07) is 4.87. The van der Waals surface area contributed by atoms with Crippen molar-refractivity contribution in [1.82, 2.24) is 19.8 Å². The first-order valence-corrected chi connectivity index (χ1v) is 8.63. The number of ether oxygens (including phenoxy) is 1. The van der Waals surface area contributed by atoms with Crippen LogP contribution in [0.3, 0.4) is 0 Å². The maximum absolute atomic E-state index is 6.18. The molecule has 24 heavy (non-hydrogen) atoms. The number of hydrogen-bond acceptors (Lipinski definition) is 6. The molecule has 2 aliphatic heterocycles. The summed E-state index contributed by atoms with van der Waals surface area (Å²) in [5.74, 6) is 1.03. The van der Waals surface area contributed by atoms with E-state index in [0.717, 1.165) is 44.0 Å². The molecule has 0 spiro atoms. The van der Waals surface area contributed by atoms with Gasteiger partial charge >= 0.3 is 0 Å². The van der Waals surface area contributed by atoms with Crippen LogP contribution >= 0.6 is 0 Å². The molecule has 128 valence electrons. The van der Waals surface area contributed by atoms with Gasteiger partial charge in [-0.1, -0.05) is 0 Å². The Hall–Kier alpha value is -1.76. The first-order valence-electron chi connectivity index (χ1n) is 8.63. The average Bonchev–Trinajstić information content (AvgIpc) is 3.25. The van der Waals surface area contributed by atoms with Crippen LogP contribution in [0.5, 0.6) is 0 Å². The first kappa shape index (κ1) is 15.7. The number of fused-ring (bicyclic) bond motifs is 1. The molecule has 0 unspecified atom stereocenters. The Morgan fingerprint density at radius 1 is 1.33 bits per heavy atom. The van der Waals surface area contributed by atoms with Crippen LogP contribution in [0.15, 0.2) is 41.5 Å². The van der Waals surface area contributed by atoms with Gasteiger partial charge in [0.05, 0.1) is 25.0 Å². The van der Waals surface area contributed by atoms with E-state index in [1.807, 2.05) is 18.5 Å². The topological polar surface area (TPSA) is 54.6 Å². The summed E-state index contributed by atoms with van der Waals surface area (Å²) in [4.78, 5) is 13.1. The van der Waals surface area contributed by atoms with Gasteiger partial charge in [-0.15, -0.1) is 0 Å². The number of aromatic nitrogens is 2. The predicted octanol–water partition coefficient (Wildman–Crippen LogP) is 1.93. The number of hydrogen-bond donors (Lipinski definition) is 0. The van der Waals surface area contributed by atoms with Gasteiger partial charge in [0.1, 0.15) is 12.1 Å². The highest BCUT2D eigenvalue weighted by Gasteiger charge is 2.45. The molecule has 0 N–H and O–H groups in total. The maximum atomic E-state index is 6.18. The highest BCUT2D eigenvalue weighted by molar-refractivity contribution is 5.07. The van der Waals surface area contributed by atoms with Gasteiger partial charge in [-0.05, 0) is 32.0 Å². The fourth-order valence-electron chi connectivity index (χ4n) is 4.02. The first-order chi connectivity index (χ1) is 11.8. The van der Waals surface area contributed by atoms with E-state index in [-0.39, 0.29) is 6.10 Å². The average molecular weight is 328 g/mol. The number of likely N-dealkylation sites (N-methyl/N-ethyl adjacent to an activating group) is 1. The maximum Gasteiger partial charge on any atom is 0.117 e. The molecule has 0 radical (unpaired) electrons. The molecule has 2 saturated heterocycles. The van der Waals surface area contributed by atoms with Crippen LogP contribution < -0.4 is 0 Å². The van der Waals surface area contributed by atoms with Gasteiger partial charge in [-0.3, -0.25) is 9.80 Å². The van der Waals surface area contributed by atoms with Crippen molar-refractivity contribution in [3.05, 3.63) is 48.4 Å². The predicted molar refractivity (Wildman–Crippen MR) is 89.2 cm³/mol. The van der Waals surface area contributed by atoms with E-state index in [9.17, 15) is 0 Å². The van der Waals surface area contributed by atoms with E-state index < -0.39 is 0 Å². The third kappa shape index (κ3) is 3.22. The van der Waals surface area contributed by atoms with E-state index >= 15 is 0 Å². The van der Waals surface area contributed by atoms with Crippen LogP contribution in [0.2, 0.25) is 0 Å². The van der Waals surface area contributed by atoms with E-state index in [1.54, 1.807) is 12.6 Å². The van der Waals surface area contributed by atoms with Gasteiger partial charge in [0.2, 0.25) is 0 Å². The van der Waals surface area contributed by atoms with Crippen LogP contribution in [0, 0.1) is 0 Å². The third-order valence-electron chi connectivity index (χ3n) is 5.15. The second-order valence-electron chi connectivity index (χ2n) is 6.78. The van der Waals surface area contributed by atoms with Gasteiger partial charge in [0, 0.05) is 43.7 Å². The molecule has 2 aromatic heterocycles. The van der Waals surface area contributed by atoms with Gasteiger partial charge in [-0.25, -0.2) is 9.97 Å². The van der Waals surface area contributed by atoms with E-state index in [0.29, 0.717) is 12.1 Å². The van der Waals surface area contributed by atoms with Gasteiger partial charge < -0.3 is 9.15 Å².